The third kappa shape index (κ3) is 3.22. The summed E-state index contributed by atoms with van der Waals surface area (Å²) in [5, 5.41) is 13.3. The second-order valence-corrected chi connectivity index (χ2v) is 6.36. The zero-order valence-corrected chi connectivity index (χ0v) is 13.7. The molecule has 0 radical (unpaired) electrons. The van der Waals surface area contributed by atoms with E-state index in [-0.39, 0.29) is 6.61 Å². The van der Waals surface area contributed by atoms with Crippen LogP contribution in [0.1, 0.15) is 23.6 Å². The van der Waals surface area contributed by atoms with E-state index in [1.807, 2.05) is 31.2 Å². The molecule has 0 amide bonds. The summed E-state index contributed by atoms with van der Waals surface area (Å²) >= 11 is 3.43. The highest BCUT2D eigenvalue weighted by Crippen LogP contribution is 2.29. The normalized spacial score (nSPS) is 13.8. The van der Waals surface area contributed by atoms with Gasteiger partial charge in [0, 0.05) is 10.2 Å². The minimum Gasteiger partial charge on any atom is -0.394 e. The lowest BCUT2D eigenvalue weighted by Crippen LogP contribution is -2.36. The van der Waals surface area contributed by atoms with Crippen molar-refractivity contribution in [3.05, 3.63) is 63.6 Å². The van der Waals surface area contributed by atoms with Crippen LogP contribution in [0, 0.1) is 13.8 Å². The maximum absolute atomic E-state index is 9.88. The lowest BCUT2D eigenvalue weighted by Gasteiger charge is -2.32. The fourth-order valence-electron chi connectivity index (χ4n) is 2.48. The molecule has 2 aromatic rings. The molecule has 0 aliphatic rings. The molecule has 0 saturated carbocycles. The minimum atomic E-state index is -0.494. The van der Waals surface area contributed by atoms with Gasteiger partial charge in [-0.1, -0.05) is 39.7 Å². The molecule has 1 unspecified atom stereocenters. The van der Waals surface area contributed by atoms with Gasteiger partial charge in [-0.2, -0.15) is 0 Å². The highest BCUT2D eigenvalue weighted by atomic mass is 79.9. The third-order valence-corrected chi connectivity index (χ3v) is 4.09. The lowest BCUT2D eigenvalue weighted by molar-refractivity contribution is 0.223. The van der Waals surface area contributed by atoms with Crippen LogP contribution in [0.15, 0.2) is 46.9 Å². The predicted molar refractivity (Wildman–Crippen MR) is 88.1 cm³/mol. The van der Waals surface area contributed by atoms with Crippen molar-refractivity contribution in [3.63, 3.8) is 0 Å². The van der Waals surface area contributed by atoms with Crippen LogP contribution in [-0.4, -0.2) is 11.7 Å². The molecule has 1 atom stereocenters. The maximum atomic E-state index is 9.88. The van der Waals surface area contributed by atoms with E-state index in [1.54, 1.807) is 0 Å². The van der Waals surface area contributed by atoms with Crippen LogP contribution in [0.4, 0.5) is 5.69 Å². The lowest BCUT2D eigenvalue weighted by atomic mass is 9.88. The topological polar surface area (TPSA) is 32.3 Å². The Kier molecular flexibility index (Phi) is 4.51. The molecule has 0 aromatic heterocycles. The van der Waals surface area contributed by atoms with E-state index in [0.29, 0.717) is 0 Å². The first kappa shape index (κ1) is 15.1. The highest BCUT2D eigenvalue weighted by Gasteiger charge is 2.27. The quantitative estimate of drug-likeness (QED) is 0.869. The zero-order chi connectivity index (χ0) is 14.8. The minimum absolute atomic E-state index is 0.0347. The molecule has 2 N–H and O–H groups in total. The summed E-state index contributed by atoms with van der Waals surface area (Å²) in [5.74, 6) is 0. The van der Waals surface area contributed by atoms with Crippen LogP contribution in [0.2, 0.25) is 0 Å². The van der Waals surface area contributed by atoms with Gasteiger partial charge in [0.2, 0.25) is 0 Å². The second kappa shape index (κ2) is 5.98. The summed E-state index contributed by atoms with van der Waals surface area (Å²) in [4.78, 5) is 0. The molecule has 2 nitrogen and oxygen atoms in total. The Hall–Kier alpha value is -1.32. The van der Waals surface area contributed by atoms with Crippen LogP contribution in [0.25, 0.3) is 0 Å². The third-order valence-electron chi connectivity index (χ3n) is 3.56. The van der Waals surface area contributed by atoms with Gasteiger partial charge in [-0.25, -0.2) is 0 Å². The number of hydrogen-bond acceptors (Lipinski definition) is 2. The SMILES string of the molecule is Cc1ccc(C(C)(CO)Nc2ccc(Br)cc2)c(C)c1. The van der Waals surface area contributed by atoms with Gasteiger partial charge >= 0.3 is 0 Å². The molecular weight excluding hydrogens is 314 g/mol. The van der Waals surface area contributed by atoms with Gasteiger partial charge in [0.25, 0.3) is 0 Å². The molecule has 0 saturated heterocycles. The summed E-state index contributed by atoms with van der Waals surface area (Å²) < 4.78 is 1.04. The van der Waals surface area contributed by atoms with Crippen molar-refractivity contribution >= 4 is 21.6 Å². The van der Waals surface area contributed by atoms with Gasteiger partial charge in [-0.15, -0.1) is 0 Å². The average molecular weight is 334 g/mol. The highest BCUT2D eigenvalue weighted by molar-refractivity contribution is 9.10. The molecule has 3 heteroatoms. The Balaban J connectivity index is 2.35. The van der Waals surface area contributed by atoms with Crippen molar-refractivity contribution in [3.8, 4) is 0 Å². The van der Waals surface area contributed by atoms with Crippen molar-refractivity contribution in [1.29, 1.82) is 0 Å². The van der Waals surface area contributed by atoms with Crippen LogP contribution < -0.4 is 5.32 Å². The van der Waals surface area contributed by atoms with Crippen LogP contribution >= 0.6 is 15.9 Å². The van der Waals surface area contributed by atoms with Crippen LogP contribution in [0.5, 0.6) is 0 Å². The Morgan fingerprint density at radius 1 is 1.10 bits per heavy atom. The second-order valence-electron chi connectivity index (χ2n) is 5.44. The van der Waals surface area contributed by atoms with E-state index in [4.69, 9.17) is 0 Å². The van der Waals surface area contributed by atoms with Gasteiger partial charge in [0.05, 0.1) is 12.1 Å². The van der Waals surface area contributed by atoms with Crippen molar-refractivity contribution in [2.45, 2.75) is 26.3 Å². The van der Waals surface area contributed by atoms with E-state index in [0.717, 1.165) is 15.7 Å². The fraction of sp³-hybridized carbons (Fsp3) is 0.294. The number of halogens is 1. The summed E-state index contributed by atoms with van der Waals surface area (Å²) in [6.45, 7) is 6.22. The molecule has 0 fully saturated rings. The summed E-state index contributed by atoms with van der Waals surface area (Å²) in [5.41, 5.74) is 4.03. The van der Waals surface area contributed by atoms with E-state index in [1.165, 1.54) is 11.1 Å². The van der Waals surface area contributed by atoms with E-state index in [2.05, 4.69) is 53.3 Å². The molecule has 0 aliphatic carbocycles. The smallest absolute Gasteiger partial charge is 0.0830 e. The van der Waals surface area contributed by atoms with Crippen molar-refractivity contribution < 1.29 is 5.11 Å². The van der Waals surface area contributed by atoms with Gasteiger partial charge < -0.3 is 10.4 Å². The number of rotatable bonds is 4. The molecule has 106 valence electrons. The summed E-state index contributed by atoms with van der Waals surface area (Å²) in [6, 6.07) is 14.3. The Labute approximate surface area is 129 Å². The Morgan fingerprint density at radius 2 is 1.75 bits per heavy atom. The molecule has 20 heavy (non-hydrogen) atoms. The van der Waals surface area contributed by atoms with E-state index < -0.39 is 5.54 Å². The summed E-state index contributed by atoms with van der Waals surface area (Å²) in [7, 11) is 0. The number of hydrogen-bond donors (Lipinski definition) is 2. The molecule has 2 aromatic carbocycles. The van der Waals surface area contributed by atoms with Crippen molar-refractivity contribution in [1.82, 2.24) is 0 Å². The number of benzene rings is 2. The fourth-order valence-corrected chi connectivity index (χ4v) is 2.74. The van der Waals surface area contributed by atoms with E-state index in [9.17, 15) is 5.11 Å². The Morgan fingerprint density at radius 3 is 2.30 bits per heavy atom. The predicted octanol–water partition coefficient (Wildman–Crippen LogP) is 4.39. The number of nitrogens with one attached hydrogen (secondary N) is 1. The standard InChI is InChI=1S/C17H20BrNO/c1-12-4-9-16(13(2)10-12)17(3,11-20)19-15-7-5-14(18)6-8-15/h4-10,19-20H,11H2,1-3H3. The number of anilines is 1. The molecule has 0 bridgehead atoms. The Bertz CT molecular complexity index is 594. The first-order valence-corrected chi connectivity index (χ1v) is 7.46. The number of aliphatic hydroxyl groups is 1. The average Bonchev–Trinajstić information content (AvgIpc) is 2.41. The van der Waals surface area contributed by atoms with Gasteiger partial charge in [0.15, 0.2) is 0 Å². The molecule has 0 aliphatic heterocycles. The van der Waals surface area contributed by atoms with Gasteiger partial charge in [0.1, 0.15) is 0 Å². The van der Waals surface area contributed by atoms with Gasteiger partial charge in [-0.05, 0) is 56.2 Å². The molecule has 0 spiro atoms. The molecule has 0 heterocycles. The van der Waals surface area contributed by atoms with Crippen LogP contribution in [0.3, 0.4) is 0 Å². The zero-order valence-electron chi connectivity index (χ0n) is 12.1. The van der Waals surface area contributed by atoms with E-state index >= 15 is 0 Å². The first-order valence-electron chi connectivity index (χ1n) is 6.67. The molecule has 2 rings (SSSR count). The molecular formula is C17H20BrNO. The summed E-state index contributed by atoms with van der Waals surface area (Å²) in [6.07, 6.45) is 0. The largest absolute Gasteiger partial charge is 0.394 e. The monoisotopic (exact) mass is 333 g/mol. The van der Waals surface area contributed by atoms with Crippen LogP contribution in [-0.2, 0) is 5.54 Å². The van der Waals surface area contributed by atoms with Crippen molar-refractivity contribution in [2.75, 3.05) is 11.9 Å². The van der Waals surface area contributed by atoms with Crippen molar-refractivity contribution in [2.24, 2.45) is 0 Å². The van der Waals surface area contributed by atoms with Gasteiger partial charge in [-0.3, -0.25) is 0 Å². The first-order chi connectivity index (χ1) is 9.44. The number of aliphatic hydroxyl groups excluding tert-OH is 1. The maximum Gasteiger partial charge on any atom is 0.0830 e. The number of aryl methyl sites for hydroxylation is 2.